The van der Waals surface area contributed by atoms with Crippen LogP contribution >= 0.6 is 11.6 Å². The van der Waals surface area contributed by atoms with Crippen LogP contribution in [-0.2, 0) is 17.6 Å². The zero-order valence-corrected chi connectivity index (χ0v) is 13.6. The average molecular weight is 319 g/mol. The zero-order chi connectivity index (χ0) is 15.7. The predicted octanol–water partition coefficient (Wildman–Crippen LogP) is 3.75. The molecular weight excluding hydrogens is 300 g/mol. The molecule has 0 spiro atoms. The largest absolute Gasteiger partial charge is 0.450 e. The quantitative estimate of drug-likeness (QED) is 0.804. The number of aromatic nitrogens is 1. The van der Waals surface area contributed by atoms with Crippen LogP contribution in [0.15, 0.2) is 18.2 Å². The number of ether oxygens (including phenoxy) is 1. The summed E-state index contributed by atoms with van der Waals surface area (Å²) in [4.78, 5) is 18.5. The molecule has 0 atom stereocenters. The Morgan fingerprint density at radius 2 is 2.14 bits per heavy atom. The van der Waals surface area contributed by atoms with Crippen molar-refractivity contribution in [2.45, 2.75) is 26.7 Å². The number of halogens is 1. The minimum Gasteiger partial charge on any atom is -0.450 e. The van der Waals surface area contributed by atoms with Crippen LogP contribution in [0.2, 0.25) is 5.02 Å². The van der Waals surface area contributed by atoms with E-state index < -0.39 is 0 Å². The Morgan fingerprint density at radius 3 is 2.91 bits per heavy atom. The molecule has 2 heterocycles. The van der Waals surface area contributed by atoms with Gasteiger partial charge in [0, 0.05) is 35.6 Å². The van der Waals surface area contributed by atoms with Crippen LogP contribution in [0.5, 0.6) is 0 Å². The maximum absolute atomic E-state index is 11.9. The molecular formula is C17H19ClN2O2. The van der Waals surface area contributed by atoms with Gasteiger partial charge >= 0.3 is 6.09 Å². The first-order chi connectivity index (χ1) is 10.6. The number of rotatable bonds is 1. The van der Waals surface area contributed by atoms with Crippen molar-refractivity contribution in [3.63, 3.8) is 0 Å². The number of aryl methyl sites for hydroxylation is 1. The Balaban J connectivity index is 1.96. The first kappa shape index (κ1) is 15.1. The predicted molar refractivity (Wildman–Crippen MR) is 87.5 cm³/mol. The Hall–Kier alpha value is -1.81. The van der Waals surface area contributed by atoms with E-state index in [0.717, 1.165) is 29.4 Å². The van der Waals surface area contributed by atoms with Gasteiger partial charge in [-0.3, -0.25) is 4.98 Å². The third-order valence-corrected chi connectivity index (χ3v) is 4.43. The molecule has 0 N–H and O–H groups in total. The van der Waals surface area contributed by atoms with Crippen molar-refractivity contribution in [2.75, 3.05) is 19.7 Å². The first-order valence-corrected chi connectivity index (χ1v) is 7.97. The van der Waals surface area contributed by atoms with Gasteiger partial charge in [0.1, 0.15) is 0 Å². The summed E-state index contributed by atoms with van der Waals surface area (Å²) >= 11 is 6.08. The van der Waals surface area contributed by atoms with Gasteiger partial charge in [-0.05, 0) is 43.5 Å². The topological polar surface area (TPSA) is 42.4 Å². The molecule has 2 aromatic rings. The van der Waals surface area contributed by atoms with E-state index in [1.54, 1.807) is 4.90 Å². The molecule has 1 aromatic heterocycles. The summed E-state index contributed by atoms with van der Waals surface area (Å²) in [5.41, 5.74) is 4.48. The number of hydrogen-bond donors (Lipinski definition) is 0. The summed E-state index contributed by atoms with van der Waals surface area (Å²) in [6.07, 6.45) is 1.32. The molecule has 1 amide bonds. The fourth-order valence-electron chi connectivity index (χ4n) is 3.04. The molecule has 0 fully saturated rings. The van der Waals surface area contributed by atoms with E-state index in [-0.39, 0.29) is 6.09 Å². The van der Waals surface area contributed by atoms with Gasteiger partial charge in [0.15, 0.2) is 0 Å². The Kier molecular flexibility index (Phi) is 4.21. The lowest BCUT2D eigenvalue weighted by atomic mass is 9.98. The number of carbonyl (C=O) groups excluding carboxylic acids is 1. The third-order valence-electron chi connectivity index (χ3n) is 4.20. The fourth-order valence-corrected chi connectivity index (χ4v) is 3.21. The van der Waals surface area contributed by atoms with Crippen LogP contribution in [0.25, 0.3) is 10.9 Å². The number of nitrogens with zero attached hydrogens (tertiary/aromatic N) is 2. The summed E-state index contributed by atoms with van der Waals surface area (Å²) in [6.45, 7) is 5.67. The summed E-state index contributed by atoms with van der Waals surface area (Å²) < 4.78 is 5.11. The van der Waals surface area contributed by atoms with Gasteiger partial charge in [-0.25, -0.2) is 4.79 Å². The Morgan fingerprint density at radius 1 is 1.36 bits per heavy atom. The number of amides is 1. The number of hydrogen-bond acceptors (Lipinski definition) is 3. The molecule has 1 aromatic carbocycles. The van der Waals surface area contributed by atoms with Gasteiger partial charge in [0.05, 0.1) is 12.1 Å². The van der Waals surface area contributed by atoms with Crippen LogP contribution in [0.4, 0.5) is 4.79 Å². The molecule has 3 rings (SSSR count). The maximum atomic E-state index is 11.9. The number of fused-ring (bicyclic) bond motifs is 2. The normalized spacial score (nSPS) is 14.6. The van der Waals surface area contributed by atoms with Crippen molar-refractivity contribution < 1.29 is 9.53 Å². The van der Waals surface area contributed by atoms with Crippen molar-refractivity contribution in [3.8, 4) is 0 Å². The lowest BCUT2D eigenvalue weighted by molar-refractivity contribution is 0.109. The molecule has 0 aliphatic carbocycles. The fraction of sp³-hybridized carbons (Fsp3) is 0.412. The minimum atomic E-state index is -0.236. The molecule has 0 radical (unpaired) electrons. The molecule has 5 heteroatoms. The third kappa shape index (κ3) is 2.75. The smallest absolute Gasteiger partial charge is 0.409 e. The lowest BCUT2D eigenvalue weighted by Gasteiger charge is -2.18. The van der Waals surface area contributed by atoms with Gasteiger partial charge in [-0.2, -0.15) is 0 Å². The second-order valence-electron chi connectivity index (χ2n) is 5.51. The van der Waals surface area contributed by atoms with Crippen LogP contribution in [0.3, 0.4) is 0 Å². The van der Waals surface area contributed by atoms with Crippen LogP contribution in [0, 0.1) is 6.92 Å². The highest BCUT2D eigenvalue weighted by Gasteiger charge is 2.22. The molecule has 0 unspecified atom stereocenters. The molecule has 1 aliphatic rings. The van der Waals surface area contributed by atoms with Crippen LogP contribution in [-0.4, -0.2) is 35.7 Å². The van der Waals surface area contributed by atoms with E-state index in [1.165, 1.54) is 11.1 Å². The van der Waals surface area contributed by atoms with E-state index >= 15 is 0 Å². The van der Waals surface area contributed by atoms with Crippen LogP contribution in [0.1, 0.15) is 23.7 Å². The summed E-state index contributed by atoms with van der Waals surface area (Å²) in [5.74, 6) is 0. The standard InChI is InChI=1S/C17H19ClN2O2/c1-3-22-17(21)20-8-6-14-11(2)13-5-4-12(18)10-16(13)19-15(14)7-9-20/h4-5,10H,3,6-9H2,1-2H3. The SMILES string of the molecule is CCOC(=O)N1CCc2nc3cc(Cl)ccc3c(C)c2CC1. The summed E-state index contributed by atoms with van der Waals surface area (Å²) in [7, 11) is 0. The number of pyridine rings is 1. The van der Waals surface area contributed by atoms with Crippen molar-refractivity contribution in [1.29, 1.82) is 0 Å². The van der Waals surface area contributed by atoms with Crippen molar-refractivity contribution >= 4 is 28.6 Å². The van der Waals surface area contributed by atoms with Gasteiger partial charge in [-0.15, -0.1) is 0 Å². The monoisotopic (exact) mass is 318 g/mol. The number of carbonyl (C=O) groups is 1. The van der Waals surface area contributed by atoms with E-state index in [1.807, 2.05) is 25.1 Å². The second kappa shape index (κ2) is 6.13. The van der Waals surface area contributed by atoms with Crippen LogP contribution < -0.4 is 0 Å². The van der Waals surface area contributed by atoms with Crippen molar-refractivity contribution in [1.82, 2.24) is 9.88 Å². The van der Waals surface area contributed by atoms with E-state index in [9.17, 15) is 4.79 Å². The lowest BCUT2D eigenvalue weighted by Crippen LogP contribution is -2.33. The molecule has 116 valence electrons. The molecule has 0 saturated carbocycles. The zero-order valence-electron chi connectivity index (χ0n) is 12.9. The molecule has 4 nitrogen and oxygen atoms in total. The van der Waals surface area contributed by atoms with E-state index in [2.05, 4.69) is 6.92 Å². The summed E-state index contributed by atoms with van der Waals surface area (Å²) in [5, 5.41) is 1.83. The highest BCUT2D eigenvalue weighted by molar-refractivity contribution is 6.31. The van der Waals surface area contributed by atoms with Gasteiger partial charge < -0.3 is 9.64 Å². The highest BCUT2D eigenvalue weighted by Crippen LogP contribution is 2.27. The highest BCUT2D eigenvalue weighted by atomic mass is 35.5. The van der Waals surface area contributed by atoms with E-state index in [4.69, 9.17) is 21.3 Å². The molecule has 0 saturated heterocycles. The Bertz CT molecular complexity index is 730. The summed E-state index contributed by atoms with van der Waals surface area (Å²) in [6, 6.07) is 5.82. The number of benzene rings is 1. The maximum Gasteiger partial charge on any atom is 0.409 e. The second-order valence-corrected chi connectivity index (χ2v) is 5.95. The average Bonchev–Trinajstić information content (AvgIpc) is 2.70. The Labute approximate surface area is 135 Å². The van der Waals surface area contributed by atoms with Gasteiger partial charge in [-0.1, -0.05) is 17.7 Å². The minimum absolute atomic E-state index is 0.236. The van der Waals surface area contributed by atoms with Gasteiger partial charge in [0.25, 0.3) is 0 Å². The molecule has 0 bridgehead atoms. The molecule has 1 aliphatic heterocycles. The first-order valence-electron chi connectivity index (χ1n) is 7.59. The van der Waals surface area contributed by atoms with Crippen molar-refractivity contribution in [2.24, 2.45) is 0 Å². The van der Waals surface area contributed by atoms with E-state index in [0.29, 0.717) is 24.7 Å². The van der Waals surface area contributed by atoms with Crippen molar-refractivity contribution in [3.05, 3.63) is 40.0 Å². The molecule has 22 heavy (non-hydrogen) atoms. The van der Waals surface area contributed by atoms with Gasteiger partial charge in [0.2, 0.25) is 0 Å².